The molecule has 0 aliphatic rings. The van der Waals surface area contributed by atoms with Crippen LogP contribution in [0.3, 0.4) is 0 Å². The highest BCUT2D eigenvalue weighted by molar-refractivity contribution is 7.09. The van der Waals surface area contributed by atoms with E-state index in [1.54, 1.807) is 24.6 Å². The van der Waals surface area contributed by atoms with Crippen molar-refractivity contribution in [3.63, 3.8) is 0 Å². The van der Waals surface area contributed by atoms with Crippen molar-refractivity contribution < 1.29 is 9.53 Å². The monoisotopic (exact) mass is 304 g/mol. The van der Waals surface area contributed by atoms with E-state index in [9.17, 15) is 4.79 Å². The molecule has 0 fully saturated rings. The number of nitrogens with one attached hydrogen (secondary N) is 1. The van der Waals surface area contributed by atoms with Crippen molar-refractivity contribution in [1.29, 1.82) is 0 Å². The van der Waals surface area contributed by atoms with Gasteiger partial charge in [-0.1, -0.05) is 19.1 Å². The molecule has 2 rings (SSSR count). The number of aromatic nitrogens is 1. The van der Waals surface area contributed by atoms with Crippen LogP contribution in [0.2, 0.25) is 0 Å². The number of thiazole rings is 1. The fourth-order valence-corrected chi connectivity index (χ4v) is 2.86. The molecule has 1 amide bonds. The molecule has 0 unspecified atom stereocenters. The average molecular weight is 304 g/mol. The van der Waals surface area contributed by atoms with Crippen molar-refractivity contribution in [2.75, 3.05) is 7.11 Å². The number of nitrogens with zero attached hydrogens (tertiary/aromatic N) is 1. The molecule has 21 heavy (non-hydrogen) atoms. The van der Waals surface area contributed by atoms with Gasteiger partial charge in [-0.25, -0.2) is 4.98 Å². The quantitative estimate of drug-likeness (QED) is 0.890. The smallest absolute Gasteiger partial charge is 0.252 e. The summed E-state index contributed by atoms with van der Waals surface area (Å²) >= 11 is 1.56. The van der Waals surface area contributed by atoms with Gasteiger partial charge in [0.2, 0.25) is 0 Å². The van der Waals surface area contributed by atoms with E-state index in [0.29, 0.717) is 12.2 Å². The zero-order valence-electron chi connectivity index (χ0n) is 12.6. The zero-order chi connectivity index (χ0) is 15.3. The van der Waals surface area contributed by atoms with E-state index in [4.69, 9.17) is 4.74 Å². The topological polar surface area (TPSA) is 51.2 Å². The van der Waals surface area contributed by atoms with Crippen molar-refractivity contribution in [1.82, 2.24) is 10.3 Å². The third-order valence-corrected chi connectivity index (χ3v) is 4.56. The van der Waals surface area contributed by atoms with Crippen molar-refractivity contribution in [2.24, 2.45) is 0 Å². The molecule has 0 spiro atoms. The van der Waals surface area contributed by atoms with Crippen LogP contribution in [-0.2, 0) is 16.9 Å². The Morgan fingerprint density at radius 2 is 2.10 bits per heavy atom. The van der Waals surface area contributed by atoms with Gasteiger partial charge in [-0.2, -0.15) is 0 Å². The summed E-state index contributed by atoms with van der Waals surface area (Å²) in [6, 6.07) is 7.46. The van der Waals surface area contributed by atoms with Crippen LogP contribution in [0.15, 0.2) is 35.8 Å². The van der Waals surface area contributed by atoms with Crippen LogP contribution in [-0.4, -0.2) is 18.0 Å². The molecule has 1 aromatic carbocycles. The number of amides is 1. The molecule has 0 radical (unpaired) electrons. The van der Waals surface area contributed by atoms with E-state index in [1.807, 2.05) is 43.5 Å². The Morgan fingerprint density at radius 3 is 2.62 bits per heavy atom. The number of hydrogen-bond acceptors (Lipinski definition) is 4. The van der Waals surface area contributed by atoms with E-state index >= 15 is 0 Å². The number of benzene rings is 1. The minimum Gasteiger partial charge on any atom is -0.380 e. The lowest BCUT2D eigenvalue weighted by Crippen LogP contribution is -2.43. The van der Waals surface area contributed by atoms with Crippen LogP contribution in [0.4, 0.5) is 0 Å². The van der Waals surface area contributed by atoms with Gasteiger partial charge >= 0.3 is 0 Å². The maximum Gasteiger partial charge on any atom is 0.252 e. The fourth-order valence-electron chi connectivity index (χ4n) is 2.03. The van der Waals surface area contributed by atoms with Crippen molar-refractivity contribution >= 4 is 17.2 Å². The van der Waals surface area contributed by atoms with Gasteiger partial charge in [0.25, 0.3) is 5.91 Å². The number of rotatable bonds is 6. The second-order valence-corrected chi connectivity index (χ2v) is 6.00. The highest BCUT2D eigenvalue weighted by Crippen LogP contribution is 2.26. The zero-order valence-corrected chi connectivity index (χ0v) is 13.4. The second-order valence-electron chi connectivity index (χ2n) is 5.11. The standard InChI is InChI=1S/C16H20N2O2S/c1-4-16(2,15-17-9-10-21-15)18-14(19)13-7-5-12(6-8-13)11-20-3/h5-10H,4,11H2,1-3H3,(H,18,19)/t16-/m0/s1. The van der Waals surface area contributed by atoms with Crippen molar-refractivity contribution in [3.8, 4) is 0 Å². The molecule has 0 saturated carbocycles. The van der Waals surface area contributed by atoms with E-state index in [2.05, 4.69) is 10.3 Å². The first-order chi connectivity index (χ1) is 10.1. The summed E-state index contributed by atoms with van der Waals surface area (Å²) in [7, 11) is 1.65. The molecule has 0 saturated heterocycles. The first-order valence-corrected chi connectivity index (χ1v) is 7.77. The van der Waals surface area contributed by atoms with Crippen LogP contribution < -0.4 is 5.32 Å². The molecule has 4 nitrogen and oxygen atoms in total. The number of carbonyl (C=O) groups is 1. The van der Waals surface area contributed by atoms with Gasteiger partial charge in [0.15, 0.2) is 0 Å². The summed E-state index contributed by atoms with van der Waals surface area (Å²) in [5, 5.41) is 5.94. The Bertz CT molecular complexity index is 581. The molecule has 0 aliphatic carbocycles. The molecule has 112 valence electrons. The van der Waals surface area contributed by atoms with Crippen molar-refractivity contribution in [2.45, 2.75) is 32.4 Å². The summed E-state index contributed by atoms with van der Waals surface area (Å²) < 4.78 is 5.07. The molecule has 1 N–H and O–H groups in total. The van der Waals surface area contributed by atoms with Gasteiger partial charge < -0.3 is 10.1 Å². The lowest BCUT2D eigenvalue weighted by atomic mass is 9.99. The predicted octanol–water partition coefficient (Wildman–Crippen LogP) is 3.34. The minimum atomic E-state index is -0.434. The van der Waals surface area contributed by atoms with Crippen LogP contribution in [0.1, 0.15) is 41.2 Å². The predicted molar refractivity (Wildman–Crippen MR) is 84.4 cm³/mol. The molecule has 0 aliphatic heterocycles. The first-order valence-electron chi connectivity index (χ1n) is 6.89. The lowest BCUT2D eigenvalue weighted by Gasteiger charge is -2.27. The van der Waals surface area contributed by atoms with Crippen LogP contribution in [0.25, 0.3) is 0 Å². The Balaban J connectivity index is 2.12. The largest absolute Gasteiger partial charge is 0.380 e. The van der Waals surface area contributed by atoms with E-state index in [0.717, 1.165) is 17.0 Å². The summed E-state index contributed by atoms with van der Waals surface area (Å²) in [4.78, 5) is 16.7. The Morgan fingerprint density at radius 1 is 1.38 bits per heavy atom. The summed E-state index contributed by atoms with van der Waals surface area (Å²) in [5.41, 5.74) is 1.26. The molecular formula is C16H20N2O2S. The summed E-state index contributed by atoms with van der Waals surface area (Å²) in [6.07, 6.45) is 2.55. The van der Waals surface area contributed by atoms with Gasteiger partial charge in [0, 0.05) is 24.3 Å². The molecular weight excluding hydrogens is 284 g/mol. The SMILES string of the molecule is CC[C@](C)(NC(=O)c1ccc(COC)cc1)c1nccs1. The van der Waals surface area contributed by atoms with Gasteiger partial charge in [-0.3, -0.25) is 4.79 Å². The van der Waals surface area contributed by atoms with Crippen LogP contribution in [0.5, 0.6) is 0 Å². The average Bonchev–Trinajstić information content (AvgIpc) is 3.03. The maximum atomic E-state index is 12.4. The Labute approximate surface area is 129 Å². The molecule has 5 heteroatoms. The highest BCUT2D eigenvalue weighted by Gasteiger charge is 2.29. The minimum absolute atomic E-state index is 0.0847. The Hall–Kier alpha value is -1.72. The molecule has 1 atom stereocenters. The normalized spacial score (nSPS) is 13.7. The Kier molecular flexibility index (Phi) is 5.09. The first kappa shape index (κ1) is 15.7. The van der Waals surface area contributed by atoms with Gasteiger partial charge in [-0.15, -0.1) is 11.3 Å². The molecule has 2 aromatic rings. The third kappa shape index (κ3) is 3.68. The van der Waals surface area contributed by atoms with Crippen LogP contribution in [0, 0.1) is 0 Å². The van der Waals surface area contributed by atoms with E-state index < -0.39 is 5.54 Å². The van der Waals surface area contributed by atoms with E-state index in [-0.39, 0.29) is 5.91 Å². The number of ether oxygens (including phenoxy) is 1. The third-order valence-electron chi connectivity index (χ3n) is 3.53. The molecule has 1 heterocycles. The number of carbonyl (C=O) groups excluding carboxylic acids is 1. The fraction of sp³-hybridized carbons (Fsp3) is 0.375. The maximum absolute atomic E-state index is 12.4. The summed E-state index contributed by atoms with van der Waals surface area (Å²) in [6.45, 7) is 4.60. The van der Waals surface area contributed by atoms with Gasteiger partial charge in [0.1, 0.15) is 5.01 Å². The van der Waals surface area contributed by atoms with Gasteiger partial charge in [-0.05, 0) is 31.0 Å². The summed E-state index contributed by atoms with van der Waals surface area (Å²) in [5.74, 6) is -0.0847. The van der Waals surface area contributed by atoms with Gasteiger partial charge in [0.05, 0.1) is 12.1 Å². The highest BCUT2D eigenvalue weighted by atomic mass is 32.1. The number of hydrogen-bond donors (Lipinski definition) is 1. The van der Waals surface area contributed by atoms with Crippen LogP contribution >= 0.6 is 11.3 Å². The number of methoxy groups -OCH3 is 1. The van der Waals surface area contributed by atoms with Crippen molar-refractivity contribution in [3.05, 3.63) is 52.0 Å². The van der Waals surface area contributed by atoms with E-state index in [1.165, 1.54) is 0 Å². The molecule has 1 aromatic heterocycles. The second kappa shape index (κ2) is 6.83. The lowest BCUT2D eigenvalue weighted by molar-refractivity contribution is 0.0902. The molecule has 0 bridgehead atoms.